The Morgan fingerprint density at radius 1 is 1.14 bits per heavy atom. The van der Waals surface area contributed by atoms with Crippen molar-refractivity contribution in [3.8, 4) is 11.5 Å². The molecule has 0 bridgehead atoms. The summed E-state index contributed by atoms with van der Waals surface area (Å²) in [7, 11) is -3.47. The number of nitrogens with one attached hydrogen (secondary N) is 1. The molecule has 2 aliphatic heterocycles. The molecule has 0 aliphatic carbocycles. The molecule has 4 rings (SSSR count). The van der Waals surface area contributed by atoms with Gasteiger partial charge in [0.25, 0.3) is 0 Å². The highest BCUT2D eigenvalue weighted by Crippen LogP contribution is 2.24. The fraction of sp³-hybridized carbons (Fsp3) is 0.500. The maximum absolute atomic E-state index is 12.6. The van der Waals surface area contributed by atoms with Gasteiger partial charge in [0.1, 0.15) is 0 Å². The van der Waals surface area contributed by atoms with Crippen molar-refractivity contribution in [2.75, 3.05) is 26.2 Å². The second-order valence-electron chi connectivity index (χ2n) is 6.89. The summed E-state index contributed by atoms with van der Waals surface area (Å²) in [6.45, 7) is 2.23. The minimum atomic E-state index is -3.47. The average molecular weight is 406 g/mol. The molecule has 0 radical (unpaired) electrons. The van der Waals surface area contributed by atoms with Crippen LogP contribution in [0.3, 0.4) is 0 Å². The fourth-order valence-electron chi connectivity index (χ4n) is 3.37. The van der Waals surface area contributed by atoms with E-state index in [1.165, 1.54) is 16.4 Å². The summed E-state index contributed by atoms with van der Waals surface area (Å²) in [6.07, 6.45) is 3.71. The van der Waals surface area contributed by atoms with Gasteiger partial charge in [0, 0.05) is 31.8 Å². The van der Waals surface area contributed by atoms with Crippen LogP contribution in [0.15, 0.2) is 33.6 Å². The van der Waals surface area contributed by atoms with Gasteiger partial charge < -0.3 is 14.5 Å². The number of nitrogens with zero attached hydrogens (tertiary/aromatic N) is 3. The highest BCUT2D eigenvalue weighted by Gasteiger charge is 2.27. The molecule has 0 saturated carbocycles. The lowest BCUT2D eigenvalue weighted by atomic mass is 10.2. The predicted octanol–water partition coefficient (Wildman–Crippen LogP) is 1.43. The van der Waals surface area contributed by atoms with E-state index in [1.54, 1.807) is 12.1 Å². The van der Waals surface area contributed by atoms with Crippen LogP contribution in [0.4, 0.5) is 0 Å². The fourth-order valence-corrected chi connectivity index (χ4v) is 4.88. The highest BCUT2D eigenvalue weighted by atomic mass is 32.2. The molecule has 3 heterocycles. The number of rotatable bonds is 6. The third kappa shape index (κ3) is 3.94. The van der Waals surface area contributed by atoms with Crippen molar-refractivity contribution >= 4 is 15.9 Å². The van der Waals surface area contributed by atoms with Gasteiger partial charge in [-0.3, -0.25) is 4.79 Å². The number of hydrogen-bond acceptors (Lipinski definition) is 7. The summed E-state index contributed by atoms with van der Waals surface area (Å²) in [5.41, 5.74) is 0.547. The van der Waals surface area contributed by atoms with Crippen LogP contribution in [0, 0.1) is 0 Å². The number of amides is 1. The summed E-state index contributed by atoms with van der Waals surface area (Å²) < 4.78 is 37.5. The molecule has 1 unspecified atom stereocenters. The summed E-state index contributed by atoms with van der Waals surface area (Å²) in [5, 5.41) is 10.4. The van der Waals surface area contributed by atoms with Crippen molar-refractivity contribution in [2.45, 2.75) is 36.7 Å². The highest BCUT2D eigenvalue weighted by molar-refractivity contribution is 7.89. The second-order valence-corrected chi connectivity index (χ2v) is 8.83. The lowest BCUT2D eigenvalue weighted by Crippen LogP contribution is -2.31. The van der Waals surface area contributed by atoms with E-state index in [0.717, 1.165) is 25.7 Å². The summed E-state index contributed by atoms with van der Waals surface area (Å²) in [5.74, 6) is -0.434. The summed E-state index contributed by atoms with van der Waals surface area (Å²) in [6, 6.07) is 6.24. The number of aromatic nitrogens is 2. The molecule has 1 amide bonds. The molecular weight excluding hydrogens is 384 g/mol. The molecule has 2 aromatic rings. The SMILES string of the molecule is O=C(NCC1CCCO1)c1nnc(-c2ccc(S(=O)(=O)N3CCCC3)cc2)o1. The number of hydrogen-bond donors (Lipinski definition) is 1. The number of benzene rings is 1. The smallest absolute Gasteiger partial charge is 0.308 e. The lowest BCUT2D eigenvalue weighted by molar-refractivity contribution is 0.0830. The van der Waals surface area contributed by atoms with E-state index >= 15 is 0 Å². The van der Waals surface area contributed by atoms with E-state index < -0.39 is 15.9 Å². The monoisotopic (exact) mass is 406 g/mol. The standard InChI is InChI=1S/C18H22N4O5S/c23-16(19-12-14-4-3-11-26-14)18-21-20-17(27-18)13-5-7-15(8-6-13)28(24,25)22-9-1-2-10-22/h5-8,14H,1-4,9-12H2,(H,19,23). The van der Waals surface area contributed by atoms with Crippen molar-refractivity contribution in [3.05, 3.63) is 30.2 Å². The Kier molecular flexibility index (Phi) is 5.42. The molecule has 1 aromatic heterocycles. The first kappa shape index (κ1) is 19.0. The zero-order chi connectivity index (χ0) is 19.6. The van der Waals surface area contributed by atoms with Crippen LogP contribution in [0.25, 0.3) is 11.5 Å². The molecule has 2 saturated heterocycles. The number of carbonyl (C=O) groups excluding carboxylic acids is 1. The van der Waals surface area contributed by atoms with E-state index in [4.69, 9.17) is 9.15 Å². The van der Waals surface area contributed by atoms with Crippen molar-refractivity contribution in [1.82, 2.24) is 19.8 Å². The molecule has 1 N–H and O–H groups in total. The molecule has 150 valence electrons. The second kappa shape index (κ2) is 7.98. The Labute approximate surface area is 163 Å². The van der Waals surface area contributed by atoms with Gasteiger partial charge >= 0.3 is 11.8 Å². The first-order chi connectivity index (χ1) is 13.5. The molecule has 1 aromatic carbocycles. The van der Waals surface area contributed by atoms with Gasteiger partial charge in [-0.2, -0.15) is 4.31 Å². The van der Waals surface area contributed by atoms with Crippen molar-refractivity contribution < 1.29 is 22.4 Å². The number of carbonyl (C=O) groups is 1. The van der Waals surface area contributed by atoms with Crippen LogP contribution >= 0.6 is 0 Å². The first-order valence-corrected chi connectivity index (χ1v) is 10.8. The molecule has 2 aliphatic rings. The topological polar surface area (TPSA) is 115 Å². The molecule has 28 heavy (non-hydrogen) atoms. The van der Waals surface area contributed by atoms with Gasteiger partial charge in [0.15, 0.2) is 0 Å². The third-order valence-corrected chi connectivity index (χ3v) is 6.85. The van der Waals surface area contributed by atoms with Gasteiger partial charge in [-0.15, -0.1) is 10.2 Å². The van der Waals surface area contributed by atoms with Gasteiger partial charge in [-0.1, -0.05) is 0 Å². The predicted molar refractivity (Wildman–Crippen MR) is 99.0 cm³/mol. The van der Waals surface area contributed by atoms with Gasteiger partial charge in [0.05, 0.1) is 11.0 Å². The maximum atomic E-state index is 12.6. The average Bonchev–Trinajstić information content (AvgIpc) is 3.48. The van der Waals surface area contributed by atoms with E-state index in [1.807, 2.05) is 0 Å². The minimum Gasteiger partial charge on any atom is -0.412 e. The quantitative estimate of drug-likeness (QED) is 0.772. The molecular formula is C18H22N4O5S. The van der Waals surface area contributed by atoms with Crippen molar-refractivity contribution in [2.24, 2.45) is 0 Å². The largest absolute Gasteiger partial charge is 0.412 e. The van der Waals surface area contributed by atoms with E-state index in [0.29, 0.717) is 31.8 Å². The van der Waals surface area contributed by atoms with Gasteiger partial charge in [-0.25, -0.2) is 8.42 Å². The Morgan fingerprint density at radius 2 is 1.89 bits per heavy atom. The van der Waals surface area contributed by atoms with Gasteiger partial charge in [-0.05, 0) is 49.9 Å². The Balaban J connectivity index is 1.42. The van der Waals surface area contributed by atoms with Crippen LogP contribution in [0.1, 0.15) is 36.4 Å². The van der Waals surface area contributed by atoms with Crippen LogP contribution in [-0.4, -0.2) is 61.2 Å². The van der Waals surface area contributed by atoms with Crippen molar-refractivity contribution in [3.63, 3.8) is 0 Å². The minimum absolute atomic E-state index is 0.0245. The van der Waals surface area contributed by atoms with E-state index in [-0.39, 0.29) is 22.8 Å². The molecule has 1 atom stereocenters. The van der Waals surface area contributed by atoms with Crippen molar-refractivity contribution in [1.29, 1.82) is 0 Å². The Morgan fingerprint density at radius 3 is 2.57 bits per heavy atom. The normalized spacial score (nSPS) is 20.5. The maximum Gasteiger partial charge on any atom is 0.308 e. The number of ether oxygens (including phenoxy) is 1. The summed E-state index contributed by atoms with van der Waals surface area (Å²) >= 11 is 0. The molecule has 0 spiro atoms. The first-order valence-electron chi connectivity index (χ1n) is 9.38. The Bertz CT molecular complexity index is 929. The van der Waals surface area contributed by atoms with Crippen LogP contribution < -0.4 is 5.32 Å². The Hall–Kier alpha value is -2.30. The van der Waals surface area contributed by atoms with Crippen LogP contribution in [0.2, 0.25) is 0 Å². The van der Waals surface area contributed by atoms with E-state index in [9.17, 15) is 13.2 Å². The zero-order valence-corrected chi connectivity index (χ0v) is 16.2. The molecule has 2 fully saturated rings. The third-order valence-electron chi connectivity index (χ3n) is 4.94. The number of sulfonamides is 1. The van der Waals surface area contributed by atoms with Crippen LogP contribution in [-0.2, 0) is 14.8 Å². The van der Waals surface area contributed by atoms with Crippen LogP contribution in [0.5, 0.6) is 0 Å². The molecule has 9 nitrogen and oxygen atoms in total. The van der Waals surface area contributed by atoms with E-state index in [2.05, 4.69) is 15.5 Å². The summed E-state index contributed by atoms with van der Waals surface area (Å²) in [4.78, 5) is 12.4. The van der Waals surface area contributed by atoms with Gasteiger partial charge in [0.2, 0.25) is 15.9 Å². The molecule has 10 heteroatoms. The zero-order valence-electron chi connectivity index (χ0n) is 15.3. The lowest BCUT2D eigenvalue weighted by Gasteiger charge is -2.15.